The molecule has 4 rings (SSSR count). The maximum atomic E-state index is 13.0. The normalized spacial score (nSPS) is 24.5. The van der Waals surface area contributed by atoms with E-state index in [0.717, 1.165) is 35.9 Å². The predicted octanol–water partition coefficient (Wildman–Crippen LogP) is 4.35. The number of nitrogens with zero attached hydrogens (tertiary/aromatic N) is 2. The Kier molecular flexibility index (Phi) is 4.48. The van der Waals surface area contributed by atoms with Crippen molar-refractivity contribution in [2.24, 2.45) is 5.92 Å². The van der Waals surface area contributed by atoms with Crippen molar-refractivity contribution < 1.29 is 4.79 Å². The topological polar surface area (TPSA) is 59.9 Å². The molecule has 4 nitrogen and oxygen atoms in total. The van der Waals surface area contributed by atoms with Crippen molar-refractivity contribution in [2.75, 3.05) is 6.54 Å². The van der Waals surface area contributed by atoms with Crippen LogP contribution in [0.1, 0.15) is 56.4 Å². The molecule has 2 aliphatic rings. The van der Waals surface area contributed by atoms with Gasteiger partial charge >= 0.3 is 0 Å². The fraction of sp³-hybridized carbons (Fsp3) is 0.524. The monoisotopic (exact) mass is 335 g/mol. The second kappa shape index (κ2) is 6.92. The molecule has 1 aliphatic carbocycles. The average molecular weight is 335 g/mol. The highest BCUT2D eigenvalue weighted by Gasteiger charge is 2.36. The summed E-state index contributed by atoms with van der Waals surface area (Å²) in [6.45, 7) is 0.867. The fourth-order valence-electron chi connectivity index (χ4n) is 4.83. The molecule has 4 heteroatoms. The molecule has 130 valence electrons. The Bertz CT molecular complexity index is 801. The third-order valence-corrected chi connectivity index (χ3v) is 6.09. The molecule has 1 aromatic carbocycles. The maximum Gasteiger partial charge on any atom is 0.224 e. The lowest BCUT2D eigenvalue weighted by Crippen LogP contribution is -2.49. The van der Waals surface area contributed by atoms with Gasteiger partial charge in [-0.1, -0.05) is 31.0 Å². The number of nitriles is 1. The number of carbonyl (C=O) groups is 1. The molecule has 1 aromatic heterocycles. The van der Waals surface area contributed by atoms with Crippen molar-refractivity contribution in [1.29, 1.82) is 5.26 Å². The lowest BCUT2D eigenvalue weighted by molar-refractivity contribution is -0.137. The minimum atomic E-state index is -0.382. The van der Waals surface area contributed by atoms with Gasteiger partial charge < -0.3 is 9.88 Å². The first-order valence-corrected chi connectivity index (χ1v) is 9.53. The van der Waals surface area contributed by atoms with Gasteiger partial charge in [0.05, 0.1) is 12.0 Å². The summed E-state index contributed by atoms with van der Waals surface area (Å²) in [6.07, 6.45) is 9.50. The van der Waals surface area contributed by atoms with Gasteiger partial charge in [0.25, 0.3) is 0 Å². The van der Waals surface area contributed by atoms with Crippen LogP contribution in [-0.2, 0) is 4.79 Å². The Morgan fingerprint density at radius 1 is 1.24 bits per heavy atom. The van der Waals surface area contributed by atoms with Crippen molar-refractivity contribution in [1.82, 2.24) is 9.88 Å². The largest absolute Gasteiger partial charge is 0.361 e. The molecule has 1 saturated heterocycles. The highest BCUT2D eigenvalue weighted by molar-refractivity contribution is 5.85. The molecule has 1 aliphatic heterocycles. The van der Waals surface area contributed by atoms with Crippen molar-refractivity contribution in [3.63, 3.8) is 0 Å². The number of carbonyl (C=O) groups excluding carboxylic acids is 1. The summed E-state index contributed by atoms with van der Waals surface area (Å²) < 4.78 is 0. The molecule has 1 amide bonds. The number of aromatic nitrogens is 1. The smallest absolute Gasteiger partial charge is 0.224 e. The first-order valence-electron chi connectivity index (χ1n) is 9.53. The first kappa shape index (κ1) is 16.2. The van der Waals surface area contributed by atoms with Crippen molar-refractivity contribution in [3.05, 3.63) is 36.0 Å². The zero-order valence-electron chi connectivity index (χ0n) is 14.6. The second-order valence-corrected chi connectivity index (χ2v) is 7.52. The van der Waals surface area contributed by atoms with Crippen molar-refractivity contribution in [2.45, 2.75) is 56.9 Å². The third-order valence-electron chi connectivity index (χ3n) is 6.09. The molecule has 1 saturated carbocycles. The molecule has 0 bridgehead atoms. The molecular weight excluding hydrogens is 310 g/mol. The minimum absolute atomic E-state index is 0.161. The number of benzene rings is 1. The number of nitrogens with one attached hydrogen (secondary N) is 1. The van der Waals surface area contributed by atoms with Crippen LogP contribution in [0.2, 0.25) is 0 Å². The number of para-hydroxylation sites is 1. The van der Waals surface area contributed by atoms with E-state index in [-0.39, 0.29) is 11.8 Å². The molecule has 2 fully saturated rings. The third kappa shape index (κ3) is 3.04. The second-order valence-electron chi connectivity index (χ2n) is 7.52. The summed E-state index contributed by atoms with van der Waals surface area (Å²) in [4.78, 5) is 18.3. The van der Waals surface area contributed by atoms with E-state index in [1.165, 1.54) is 25.7 Å². The van der Waals surface area contributed by atoms with Crippen LogP contribution in [0.3, 0.4) is 0 Å². The molecule has 2 aromatic rings. The Morgan fingerprint density at radius 3 is 2.92 bits per heavy atom. The van der Waals surface area contributed by atoms with E-state index in [1.54, 1.807) is 0 Å². The van der Waals surface area contributed by atoms with Gasteiger partial charge in [0, 0.05) is 36.1 Å². The number of hydrogen-bond donors (Lipinski definition) is 1. The van der Waals surface area contributed by atoms with Crippen molar-refractivity contribution in [3.8, 4) is 6.07 Å². The molecule has 0 spiro atoms. The van der Waals surface area contributed by atoms with Gasteiger partial charge in [0.1, 0.15) is 0 Å². The van der Waals surface area contributed by atoms with E-state index in [0.29, 0.717) is 18.4 Å². The van der Waals surface area contributed by atoms with Crippen LogP contribution >= 0.6 is 0 Å². The SMILES string of the molecule is N#CC(CC(=O)N1CCCC2CCCCC21)c1c[nH]c2ccccc12. The maximum absolute atomic E-state index is 13.0. The molecular formula is C21H25N3O. The van der Waals surface area contributed by atoms with Gasteiger partial charge in [-0.3, -0.25) is 4.79 Å². The molecule has 2 heterocycles. The molecule has 3 unspecified atom stereocenters. The van der Waals surface area contributed by atoms with Crippen LogP contribution in [0.4, 0.5) is 0 Å². The zero-order chi connectivity index (χ0) is 17.2. The van der Waals surface area contributed by atoms with Gasteiger partial charge in [0.15, 0.2) is 0 Å². The summed E-state index contributed by atoms with van der Waals surface area (Å²) >= 11 is 0. The molecule has 3 atom stereocenters. The standard InChI is InChI=1S/C21H25N3O/c22-13-16(18-14-23-19-9-3-2-8-17(18)19)12-21(25)24-11-5-7-15-6-1-4-10-20(15)24/h2-3,8-9,14-16,20,23H,1,4-7,10-12H2. The number of likely N-dealkylation sites (tertiary alicyclic amines) is 1. The summed E-state index contributed by atoms with van der Waals surface area (Å²) in [7, 11) is 0. The van der Waals surface area contributed by atoms with E-state index in [4.69, 9.17) is 0 Å². The minimum Gasteiger partial charge on any atom is -0.361 e. The zero-order valence-corrected chi connectivity index (χ0v) is 14.6. The summed E-state index contributed by atoms with van der Waals surface area (Å²) in [6, 6.07) is 10.8. The molecule has 0 radical (unpaired) electrons. The van der Waals surface area contributed by atoms with Gasteiger partial charge in [-0.25, -0.2) is 0 Å². The van der Waals surface area contributed by atoms with E-state index < -0.39 is 0 Å². The first-order chi connectivity index (χ1) is 12.3. The van der Waals surface area contributed by atoms with E-state index in [1.807, 2.05) is 30.5 Å². The van der Waals surface area contributed by atoms with Gasteiger partial charge in [-0.15, -0.1) is 0 Å². The van der Waals surface area contributed by atoms with Crippen LogP contribution < -0.4 is 0 Å². The lowest BCUT2D eigenvalue weighted by Gasteiger charge is -2.44. The number of hydrogen-bond acceptors (Lipinski definition) is 2. The fourth-order valence-corrected chi connectivity index (χ4v) is 4.83. The quantitative estimate of drug-likeness (QED) is 0.906. The number of rotatable bonds is 3. The van der Waals surface area contributed by atoms with Crippen LogP contribution in [-0.4, -0.2) is 28.4 Å². The van der Waals surface area contributed by atoms with Crippen LogP contribution in [0.5, 0.6) is 0 Å². The van der Waals surface area contributed by atoms with Crippen LogP contribution in [0, 0.1) is 17.2 Å². The predicted molar refractivity (Wildman–Crippen MR) is 98.0 cm³/mol. The van der Waals surface area contributed by atoms with Gasteiger partial charge in [-0.05, 0) is 43.2 Å². The number of fused-ring (bicyclic) bond motifs is 2. The number of piperidine rings is 1. The van der Waals surface area contributed by atoms with E-state index in [9.17, 15) is 10.1 Å². The lowest BCUT2D eigenvalue weighted by atomic mass is 9.78. The van der Waals surface area contributed by atoms with Crippen LogP contribution in [0.15, 0.2) is 30.5 Å². The van der Waals surface area contributed by atoms with Gasteiger partial charge in [-0.2, -0.15) is 5.26 Å². The van der Waals surface area contributed by atoms with Crippen molar-refractivity contribution >= 4 is 16.8 Å². The summed E-state index contributed by atoms with van der Waals surface area (Å²) in [5, 5.41) is 10.8. The Balaban J connectivity index is 1.53. The van der Waals surface area contributed by atoms with Crippen LogP contribution in [0.25, 0.3) is 10.9 Å². The Labute approximate surface area is 148 Å². The number of amides is 1. The number of aromatic amines is 1. The van der Waals surface area contributed by atoms with E-state index >= 15 is 0 Å². The summed E-state index contributed by atoms with van der Waals surface area (Å²) in [5.74, 6) is 0.459. The Hall–Kier alpha value is -2.28. The van der Waals surface area contributed by atoms with E-state index in [2.05, 4.69) is 16.0 Å². The highest BCUT2D eigenvalue weighted by atomic mass is 16.2. The highest BCUT2D eigenvalue weighted by Crippen LogP contribution is 2.36. The average Bonchev–Trinajstić information content (AvgIpc) is 3.09. The molecule has 25 heavy (non-hydrogen) atoms. The number of H-pyrrole nitrogens is 1. The molecule has 1 N–H and O–H groups in total. The Morgan fingerprint density at radius 2 is 2.04 bits per heavy atom. The van der Waals surface area contributed by atoms with Gasteiger partial charge in [0.2, 0.25) is 5.91 Å². The summed E-state index contributed by atoms with van der Waals surface area (Å²) in [5.41, 5.74) is 1.97.